The molecule has 1 atom stereocenters. The van der Waals surface area contributed by atoms with Crippen LogP contribution in [-0.4, -0.2) is 55.1 Å². The first-order valence-electron chi connectivity index (χ1n) is 11.4. The summed E-state index contributed by atoms with van der Waals surface area (Å²) < 4.78 is 26.7. The van der Waals surface area contributed by atoms with Crippen molar-refractivity contribution in [2.75, 3.05) is 13.6 Å². The molecule has 2 amide bonds. The molecule has 0 fully saturated rings. The van der Waals surface area contributed by atoms with Crippen LogP contribution in [0.5, 0.6) is 0 Å². The van der Waals surface area contributed by atoms with Crippen LogP contribution in [0.3, 0.4) is 0 Å². The van der Waals surface area contributed by atoms with E-state index in [4.69, 9.17) is 11.6 Å². The molecule has 0 saturated carbocycles. The first kappa shape index (κ1) is 27.8. The van der Waals surface area contributed by atoms with Crippen LogP contribution in [0.4, 0.5) is 0 Å². The number of hydrogen-bond donors (Lipinski definition) is 1. The lowest BCUT2D eigenvalue weighted by Crippen LogP contribution is -2.50. The Hall–Kier alpha value is -2.42. The largest absolute Gasteiger partial charge is 0.352 e. The van der Waals surface area contributed by atoms with Crippen molar-refractivity contribution in [2.45, 2.75) is 63.6 Å². The van der Waals surface area contributed by atoms with E-state index in [-0.39, 0.29) is 42.3 Å². The van der Waals surface area contributed by atoms with Crippen LogP contribution in [0.2, 0.25) is 5.02 Å². The van der Waals surface area contributed by atoms with Crippen molar-refractivity contribution in [3.8, 4) is 0 Å². The van der Waals surface area contributed by atoms with E-state index in [2.05, 4.69) is 5.32 Å². The number of benzene rings is 2. The molecule has 2 aromatic carbocycles. The highest BCUT2D eigenvalue weighted by atomic mass is 35.5. The average molecular weight is 508 g/mol. The molecule has 186 valence electrons. The summed E-state index contributed by atoms with van der Waals surface area (Å²) in [6, 6.07) is 14.7. The monoisotopic (exact) mass is 507 g/mol. The Morgan fingerprint density at radius 2 is 1.65 bits per heavy atom. The number of amides is 2. The zero-order valence-electron chi connectivity index (χ0n) is 20.2. The Morgan fingerprint density at radius 3 is 2.21 bits per heavy atom. The molecule has 0 radical (unpaired) electrons. The molecule has 0 aromatic heterocycles. The van der Waals surface area contributed by atoms with Gasteiger partial charge in [-0.2, -0.15) is 0 Å². The number of carbonyl (C=O) groups excluding carboxylic acids is 2. The van der Waals surface area contributed by atoms with Crippen molar-refractivity contribution in [3.63, 3.8) is 0 Å². The highest BCUT2D eigenvalue weighted by molar-refractivity contribution is 7.89. The molecule has 34 heavy (non-hydrogen) atoms. The van der Waals surface area contributed by atoms with Gasteiger partial charge in [0.1, 0.15) is 6.04 Å². The molecule has 0 unspecified atom stereocenters. The summed E-state index contributed by atoms with van der Waals surface area (Å²) in [6.45, 7) is 6.07. The van der Waals surface area contributed by atoms with Gasteiger partial charge in [0.05, 0.1) is 4.90 Å². The van der Waals surface area contributed by atoms with Crippen molar-refractivity contribution in [1.82, 2.24) is 14.5 Å². The second kappa shape index (κ2) is 12.9. The van der Waals surface area contributed by atoms with Gasteiger partial charge in [-0.15, -0.1) is 0 Å². The molecule has 0 bridgehead atoms. The second-order valence-corrected chi connectivity index (χ2v) is 11.0. The minimum absolute atomic E-state index is 0.0501. The Labute approximate surface area is 208 Å². The van der Waals surface area contributed by atoms with Gasteiger partial charge >= 0.3 is 0 Å². The molecule has 0 aliphatic heterocycles. The normalized spacial score (nSPS) is 12.6. The van der Waals surface area contributed by atoms with Crippen molar-refractivity contribution >= 4 is 33.4 Å². The van der Waals surface area contributed by atoms with Gasteiger partial charge in [-0.05, 0) is 56.5 Å². The molecule has 0 aliphatic rings. The van der Waals surface area contributed by atoms with E-state index >= 15 is 0 Å². The van der Waals surface area contributed by atoms with E-state index in [0.717, 1.165) is 5.56 Å². The SMILES string of the molecule is CC[C@@H](C(=O)NC(C)C)N(Cc1ccc(Cl)cc1)C(=O)CCCN(C)S(=O)(=O)c1ccccc1. The van der Waals surface area contributed by atoms with Crippen LogP contribution in [0.1, 0.15) is 45.6 Å². The lowest BCUT2D eigenvalue weighted by atomic mass is 10.1. The molecule has 0 aliphatic carbocycles. The van der Waals surface area contributed by atoms with Crippen molar-refractivity contribution in [2.24, 2.45) is 0 Å². The van der Waals surface area contributed by atoms with Crippen LogP contribution in [-0.2, 0) is 26.2 Å². The lowest BCUT2D eigenvalue weighted by molar-refractivity contribution is -0.141. The summed E-state index contributed by atoms with van der Waals surface area (Å²) in [7, 11) is -2.12. The molecular weight excluding hydrogens is 474 g/mol. The predicted molar refractivity (Wildman–Crippen MR) is 135 cm³/mol. The number of hydrogen-bond acceptors (Lipinski definition) is 4. The average Bonchev–Trinajstić information content (AvgIpc) is 2.80. The van der Waals surface area contributed by atoms with Gasteiger partial charge in [0, 0.05) is 37.6 Å². The molecule has 9 heteroatoms. The maximum Gasteiger partial charge on any atom is 0.243 e. The maximum absolute atomic E-state index is 13.3. The van der Waals surface area contributed by atoms with E-state index in [1.807, 2.05) is 32.9 Å². The number of halogens is 1. The number of carbonyl (C=O) groups is 2. The van der Waals surface area contributed by atoms with E-state index in [1.165, 1.54) is 11.4 Å². The van der Waals surface area contributed by atoms with E-state index < -0.39 is 16.1 Å². The molecule has 0 spiro atoms. The molecule has 2 aromatic rings. The van der Waals surface area contributed by atoms with E-state index in [0.29, 0.717) is 17.9 Å². The zero-order valence-corrected chi connectivity index (χ0v) is 21.8. The Bertz CT molecular complexity index is 1040. The minimum atomic E-state index is -3.63. The fourth-order valence-corrected chi connectivity index (χ4v) is 4.93. The first-order valence-corrected chi connectivity index (χ1v) is 13.2. The number of sulfonamides is 1. The number of nitrogens with one attached hydrogen (secondary N) is 1. The topological polar surface area (TPSA) is 86.8 Å². The summed E-state index contributed by atoms with van der Waals surface area (Å²) >= 11 is 5.99. The maximum atomic E-state index is 13.3. The fraction of sp³-hybridized carbons (Fsp3) is 0.440. The minimum Gasteiger partial charge on any atom is -0.352 e. The summed E-state index contributed by atoms with van der Waals surface area (Å²) in [6.07, 6.45) is 0.911. The smallest absolute Gasteiger partial charge is 0.243 e. The van der Waals surface area contributed by atoms with Gasteiger partial charge in [-0.3, -0.25) is 9.59 Å². The van der Waals surface area contributed by atoms with Crippen molar-refractivity contribution in [3.05, 3.63) is 65.2 Å². The van der Waals surface area contributed by atoms with Crippen LogP contribution >= 0.6 is 11.6 Å². The van der Waals surface area contributed by atoms with Gasteiger partial charge in [0.2, 0.25) is 21.8 Å². The molecule has 1 N–H and O–H groups in total. The first-order chi connectivity index (χ1) is 16.1. The Balaban J connectivity index is 2.12. The van der Waals surface area contributed by atoms with Crippen LogP contribution in [0, 0.1) is 0 Å². The second-order valence-electron chi connectivity index (χ2n) is 8.48. The lowest BCUT2D eigenvalue weighted by Gasteiger charge is -2.31. The molecule has 2 rings (SSSR count). The van der Waals surface area contributed by atoms with Crippen LogP contribution in [0.25, 0.3) is 0 Å². The summed E-state index contributed by atoms with van der Waals surface area (Å²) in [5.41, 5.74) is 0.859. The Kier molecular flexibility index (Phi) is 10.5. The van der Waals surface area contributed by atoms with Gasteiger partial charge in [0.25, 0.3) is 0 Å². The molecule has 0 saturated heterocycles. The third kappa shape index (κ3) is 7.82. The third-order valence-corrected chi connectivity index (χ3v) is 7.52. The van der Waals surface area contributed by atoms with Crippen molar-refractivity contribution in [1.29, 1.82) is 0 Å². The fourth-order valence-electron chi connectivity index (χ4n) is 3.58. The summed E-state index contributed by atoms with van der Waals surface area (Å²) in [5.74, 6) is -0.408. The van der Waals surface area contributed by atoms with Gasteiger partial charge < -0.3 is 10.2 Å². The van der Waals surface area contributed by atoms with Gasteiger partial charge in [0.15, 0.2) is 0 Å². The standard InChI is InChI=1S/C25H34ClN3O4S/c1-5-23(25(31)27-19(2)3)29(18-20-13-15-21(26)16-14-20)24(30)12-9-17-28(4)34(32,33)22-10-7-6-8-11-22/h6-8,10-11,13-16,19,23H,5,9,12,17-18H2,1-4H3,(H,27,31)/t23-/m0/s1. The number of nitrogens with zero attached hydrogens (tertiary/aromatic N) is 2. The zero-order chi connectivity index (χ0) is 25.3. The molecular formula is C25H34ClN3O4S. The highest BCUT2D eigenvalue weighted by Crippen LogP contribution is 2.18. The number of rotatable bonds is 12. The van der Waals surface area contributed by atoms with Gasteiger partial charge in [-0.1, -0.05) is 48.9 Å². The van der Waals surface area contributed by atoms with E-state index in [1.54, 1.807) is 47.4 Å². The highest BCUT2D eigenvalue weighted by Gasteiger charge is 2.29. The predicted octanol–water partition coefficient (Wildman–Crippen LogP) is 4.07. The van der Waals surface area contributed by atoms with Crippen LogP contribution in [0.15, 0.2) is 59.5 Å². The van der Waals surface area contributed by atoms with Gasteiger partial charge in [-0.25, -0.2) is 12.7 Å². The van der Waals surface area contributed by atoms with Crippen LogP contribution < -0.4 is 5.32 Å². The quantitative estimate of drug-likeness (QED) is 0.469. The molecule has 7 nitrogen and oxygen atoms in total. The van der Waals surface area contributed by atoms with Crippen molar-refractivity contribution < 1.29 is 18.0 Å². The van der Waals surface area contributed by atoms with E-state index in [9.17, 15) is 18.0 Å². The molecule has 0 heterocycles. The summed E-state index contributed by atoms with van der Waals surface area (Å²) in [4.78, 5) is 27.9. The Morgan fingerprint density at radius 1 is 1.03 bits per heavy atom. The third-order valence-electron chi connectivity index (χ3n) is 5.40. The summed E-state index contributed by atoms with van der Waals surface area (Å²) in [5, 5.41) is 3.49.